The smallest absolute Gasteiger partial charge is 0.220 e. The molecular weight excluding hydrogens is 332 g/mol. The predicted molar refractivity (Wildman–Crippen MR) is 86.8 cm³/mol. The molecule has 0 aliphatic heterocycles. The Morgan fingerprint density at radius 3 is 2.76 bits per heavy atom. The van der Waals surface area contributed by atoms with E-state index >= 15 is 0 Å². The summed E-state index contributed by atoms with van der Waals surface area (Å²) in [6.07, 6.45) is 7.45. The van der Waals surface area contributed by atoms with Gasteiger partial charge in [0, 0.05) is 30.1 Å². The molecule has 0 aromatic carbocycles. The minimum atomic E-state index is 0.166. The maximum atomic E-state index is 11.7. The van der Waals surface area contributed by atoms with Crippen molar-refractivity contribution in [2.45, 2.75) is 57.6 Å². The Morgan fingerprint density at radius 1 is 1.38 bits per heavy atom. The summed E-state index contributed by atoms with van der Waals surface area (Å²) in [7, 11) is 0. The van der Waals surface area contributed by atoms with Crippen molar-refractivity contribution < 1.29 is 9.53 Å². The number of nitrogens with one attached hydrogen (secondary N) is 1. The molecule has 116 valence electrons. The lowest BCUT2D eigenvalue weighted by atomic mass is 9.93. The highest BCUT2D eigenvalue weighted by atomic mass is 79.9. The number of ether oxygens (including phenoxy) is 1. The van der Waals surface area contributed by atoms with Crippen molar-refractivity contribution >= 4 is 21.8 Å². The topological polar surface area (TPSA) is 51.2 Å². The molecule has 1 amide bonds. The minimum Gasteiger partial charge on any atom is -0.474 e. The third-order valence-electron chi connectivity index (χ3n) is 3.75. The van der Waals surface area contributed by atoms with Crippen LogP contribution in [0.4, 0.5) is 0 Å². The first-order valence-electron chi connectivity index (χ1n) is 7.62. The number of halogens is 1. The van der Waals surface area contributed by atoms with Gasteiger partial charge in [-0.3, -0.25) is 4.79 Å². The van der Waals surface area contributed by atoms with Crippen LogP contribution in [0.5, 0.6) is 5.88 Å². The molecule has 0 bridgehead atoms. The van der Waals surface area contributed by atoms with Crippen LogP contribution >= 0.6 is 15.9 Å². The molecule has 1 aromatic heterocycles. The van der Waals surface area contributed by atoms with Gasteiger partial charge in [0.2, 0.25) is 11.8 Å². The average Bonchev–Trinajstić information content (AvgIpc) is 2.49. The number of nitrogens with zero attached hydrogens (tertiary/aromatic N) is 1. The van der Waals surface area contributed by atoms with Crippen LogP contribution in [0.25, 0.3) is 0 Å². The summed E-state index contributed by atoms with van der Waals surface area (Å²) in [5.74, 6) is 0.865. The number of hydrogen-bond donors (Lipinski definition) is 1. The summed E-state index contributed by atoms with van der Waals surface area (Å²) in [5, 5.41) is 3.99. The van der Waals surface area contributed by atoms with Crippen LogP contribution in [0.1, 0.15) is 44.1 Å². The SMILES string of the molecule is Cc1ccc(OC2CCC(NC(=O)CCCBr)CC2)nc1. The van der Waals surface area contributed by atoms with E-state index in [1.165, 1.54) is 0 Å². The highest BCUT2D eigenvalue weighted by Gasteiger charge is 2.23. The second-order valence-electron chi connectivity index (χ2n) is 5.63. The number of alkyl halides is 1. The quantitative estimate of drug-likeness (QED) is 0.796. The fourth-order valence-corrected chi connectivity index (χ4v) is 2.83. The lowest BCUT2D eigenvalue weighted by Gasteiger charge is -2.29. The molecule has 0 saturated heterocycles. The molecule has 2 rings (SSSR count). The van der Waals surface area contributed by atoms with E-state index in [0.717, 1.165) is 43.0 Å². The predicted octanol–water partition coefficient (Wildman–Crippen LogP) is 3.37. The molecule has 1 heterocycles. The van der Waals surface area contributed by atoms with Gasteiger partial charge in [0.05, 0.1) is 0 Å². The van der Waals surface area contributed by atoms with Crippen molar-refractivity contribution in [2.75, 3.05) is 5.33 Å². The lowest BCUT2D eigenvalue weighted by Crippen LogP contribution is -2.39. The zero-order valence-electron chi connectivity index (χ0n) is 12.5. The molecule has 1 N–H and O–H groups in total. The van der Waals surface area contributed by atoms with E-state index in [9.17, 15) is 4.79 Å². The molecule has 1 aromatic rings. The van der Waals surface area contributed by atoms with Gasteiger partial charge >= 0.3 is 0 Å². The Labute approximate surface area is 134 Å². The van der Waals surface area contributed by atoms with Crippen molar-refractivity contribution in [3.63, 3.8) is 0 Å². The molecule has 0 radical (unpaired) electrons. The van der Waals surface area contributed by atoms with Crippen LogP contribution in [0, 0.1) is 6.92 Å². The molecule has 0 unspecified atom stereocenters. The van der Waals surface area contributed by atoms with Crippen LogP contribution in [0.15, 0.2) is 18.3 Å². The number of pyridine rings is 1. The van der Waals surface area contributed by atoms with Gasteiger partial charge in [-0.05, 0) is 44.6 Å². The number of hydrogen-bond acceptors (Lipinski definition) is 3. The van der Waals surface area contributed by atoms with Gasteiger partial charge in [0.15, 0.2) is 0 Å². The Morgan fingerprint density at radius 2 is 2.14 bits per heavy atom. The normalized spacial score (nSPS) is 21.8. The highest BCUT2D eigenvalue weighted by molar-refractivity contribution is 9.09. The second-order valence-corrected chi connectivity index (χ2v) is 6.42. The lowest BCUT2D eigenvalue weighted by molar-refractivity contribution is -0.122. The third-order valence-corrected chi connectivity index (χ3v) is 4.31. The molecule has 0 atom stereocenters. The molecule has 4 nitrogen and oxygen atoms in total. The van der Waals surface area contributed by atoms with Gasteiger partial charge in [-0.1, -0.05) is 22.0 Å². The zero-order chi connectivity index (χ0) is 15.1. The molecular formula is C16H23BrN2O2. The number of aromatic nitrogens is 1. The first kappa shape index (κ1) is 16.3. The van der Waals surface area contributed by atoms with E-state index < -0.39 is 0 Å². The van der Waals surface area contributed by atoms with E-state index in [0.29, 0.717) is 18.3 Å². The summed E-state index contributed by atoms with van der Waals surface area (Å²) in [6.45, 7) is 2.01. The number of aryl methyl sites for hydroxylation is 1. The zero-order valence-corrected chi connectivity index (χ0v) is 14.1. The van der Waals surface area contributed by atoms with E-state index in [1.807, 2.05) is 25.3 Å². The molecule has 1 aliphatic rings. The Kier molecular flexibility index (Phi) is 6.49. The van der Waals surface area contributed by atoms with Crippen molar-refractivity contribution in [3.05, 3.63) is 23.9 Å². The standard InChI is InChI=1S/C16H23BrN2O2/c1-12-4-9-16(18-11-12)21-14-7-5-13(6-8-14)19-15(20)3-2-10-17/h4,9,11,13-14H,2-3,5-8,10H2,1H3,(H,19,20). The summed E-state index contributed by atoms with van der Waals surface area (Å²) in [6, 6.07) is 4.24. The molecule has 1 fully saturated rings. The Bertz CT molecular complexity index is 442. The summed E-state index contributed by atoms with van der Waals surface area (Å²) >= 11 is 3.34. The van der Waals surface area contributed by atoms with E-state index in [4.69, 9.17) is 4.74 Å². The molecule has 0 spiro atoms. The first-order valence-corrected chi connectivity index (χ1v) is 8.74. The van der Waals surface area contributed by atoms with Crippen LogP contribution in [0.2, 0.25) is 0 Å². The average molecular weight is 355 g/mol. The summed E-state index contributed by atoms with van der Waals surface area (Å²) in [4.78, 5) is 16.0. The van der Waals surface area contributed by atoms with Gasteiger partial charge in [0.1, 0.15) is 6.10 Å². The van der Waals surface area contributed by atoms with Crippen molar-refractivity contribution in [1.82, 2.24) is 10.3 Å². The third kappa shape index (κ3) is 5.65. The van der Waals surface area contributed by atoms with E-state index in [2.05, 4.69) is 26.2 Å². The number of carbonyl (C=O) groups is 1. The van der Waals surface area contributed by atoms with Crippen molar-refractivity contribution in [1.29, 1.82) is 0 Å². The summed E-state index contributed by atoms with van der Waals surface area (Å²) in [5.41, 5.74) is 1.14. The minimum absolute atomic E-state index is 0.166. The molecule has 5 heteroatoms. The van der Waals surface area contributed by atoms with Crippen molar-refractivity contribution in [2.24, 2.45) is 0 Å². The maximum absolute atomic E-state index is 11.7. The first-order chi connectivity index (χ1) is 10.2. The van der Waals surface area contributed by atoms with Crippen molar-refractivity contribution in [3.8, 4) is 5.88 Å². The van der Waals surface area contributed by atoms with Crippen LogP contribution in [-0.4, -0.2) is 28.4 Å². The fraction of sp³-hybridized carbons (Fsp3) is 0.625. The summed E-state index contributed by atoms with van der Waals surface area (Å²) < 4.78 is 5.90. The second kappa shape index (κ2) is 8.37. The van der Waals surface area contributed by atoms with Gasteiger partial charge in [-0.15, -0.1) is 0 Å². The maximum Gasteiger partial charge on any atom is 0.220 e. The fourth-order valence-electron chi connectivity index (χ4n) is 2.55. The monoisotopic (exact) mass is 354 g/mol. The largest absolute Gasteiger partial charge is 0.474 e. The van der Waals surface area contributed by atoms with Gasteiger partial charge in [0.25, 0.3) is 0 Å². The Balaban J connectivity index is 1.70. The number of amides is 1. The molecule has 1 saturated carbocycles. The van der Waals surface area contributed by atoms with Crippen LogP contribution in [0.3, 0.4) is 0 Å². The van der Waals surface area contributed by atoms with Gasteiger partial charge < -0.3 is 10.1 Å². The van der Waals surface area contributed by atoms with Gasteiger partial charge in [-0.25, -0.2) is 4.98 Å². The van der Waals surface area contributed by atoms with Crippen LogP contribution in [-0.2, 0) is 4.79 Å². The van der Waals surface area contributed by atoms with E-state index in [-0.39, 0.29) is 12.0 Å². The van der Waals surface area contributed by atoms with Crippen LogP contribution < -0.4 is 10.1 Å². The van der Waals surface area contributed by atoms with Gasteiger partial charge in [-0.2, -0.15) is 0 Å². The Hall–Kier alpha value is -1.10. The van der Waals surface area contributed by atoms with E-state index in [1.54, 1.807) is 0 Å². The number of rotatable bonds is 6. The molecule has 21 heavy (non-hydrogen) atoms. The highest BCUT2D eigenvalue weighted by Crippen LogP contribution is 2.23. The molecule has 1 aliphatic carbocycles. The number of carbonyl (C=O) groups excluding carboxylic acids is 1.